The number of nitrogens with one attached hydrogen (secondary N) is 2. The second kappa shape index (κ2) is 9.77. The van der Waals surface area contributed by atoms with Gasteiger partial charge in [0.05, 0.1) is 23.9 Å². The molecule has 2 aliphatic carbocycles. The normalized spacial score (nSPS) is 20.8. The summed E-state index contributed by atoms with van der Waals surface area (Å²) in [6.07, 6.45) is 6.03. The van der Waals surface area contributed by atoms with Crippen molar-refractivity contribution in [3.05, 3.63) is 59.4 Å². The monoisotopic (exact) mass is 498 g/mol. The number of pyridine rings is 1. The number of aryl methyl sites for hydroxylation is 1. The number of benzene rings is 1. The van der Waals surface area contributed by atoms with Crippen molar-refractivity contribution in [2.75, 3.05) is 5.32 Å². The maximum Gasteiger partial charge on any atom is 0.315 e. The van der Waals surface area contributed by atoms with E-state index in [9.17, 15) is 9.59 Å². The molecule has 37 heavy (non-hydrogen) atoms. The van der Waals surface area contributed by atoms with Gasteiger partial charge in [-0.2, -0.15) is 10.2 Å². The van der Waals surface area contributed by atoms with Gasteiger partial charge in [-0.05, 0) is 60.1 Å². The highest BCUT2D eigenvalue weighted by atomic mass is 16.5. The summed E-state index contributed by atoms with van der Waals surface area (Å²) in [5.41, 5.74) is 3.91. The zero-order valence-electron chi connectivity index (χ0n) is 21.2. The lowest BCUT2D eigenvalue weighted by atomic mass is 9.94. The van der Waals surface area contributed by atoms with Crippen LogP contribution in [0.3, 0.4) is 0 Å². The fraction of sp³-hybridized carbons (Fsp3) is 0.429. The average molecular weight is 499 g/mol. The van der Waals surface area contributed by atoms with Crippen LogP contribution in [0.5, 0.6) is 0 Å². The summed E-state index contributed by atoms with van der Waals surface area (Å²) < 4.78 is 5.24. The van der Waals surface area contributed by atoms with Gasteiger partial charge in [-0.15, -0.1) is 0 Å². The van der Waals surface area contributed by atoms with Crippen molar-refractivity contribution in [3.8, 4) is 17.2 Å². The van der Waals surface area contributed by atoms with Gasteiger partial charge < -0.3 is 15.2 Å². The second-order valence-corrected chi connectivity index (χ2v) is 10.9. The van der Waals surface area contributed by atoms with E-state index in [0.29, 0.717) is 18.1 Å². The molecule has 2 N–H and O–H groups in total. The van der Waals surface area contributed by atoms with E-state index in [2.05, 4.69) is 44.0 Å². The van der Waals surface area contributed by atoms with Crippen LogP contribution in [-0.4, -0.2) is 26.9 Å². The molecule has 0 unspecified atom stereocenters. The molecule has 9 nitrogen and oxygen atoms in total. The first-order valence-corrected chi connectivity index (χ1v) is 12.7. The van der Waals surface area contributed by atoms with Crippen LogP contribution in [0.2, 0.25) is 0 Å². The van der Waals surface area contributed by atoms with Gasteiger partial charge in [0.15, 0.2) is 5.82 Å². The number of hydrogen-bond donors (Lipinski definition) is 2. The first-order chi connectivity index (χ1) is 17.7. The zero-order chi connectivity index (χ0) is 26.2. The topological polar surface area (TPSA) is 134 Å². The van der Waals surface area contributed by atoms with Crippen molar-refractivity contribution in [1.29, 1.82) is 5.26 Å². The molecule has 2 aliphatic rings. The molecule has 3 atom stereocenters. The van der Waals surface area contributed by atoms with E-state index in [4.69, 9.17) is 9.78 Å². The Labute approximate surface area is 215 Å². The Hall–Kier alpha value is -4.06. The van der Waals surface area contributed by atoms with Crippen molar-refractivity contribution in [1.82, 2.24) is 20.4 Å². The highest BCUT2D eigenvalue weighted by Crippen LogP contribution is 2.38. The molecule has 0 radical (unpaired) electrons. The zero-order valence-corrected chi connectivity index (χ0v) is 21.2. The summed E-state index contributed by atoms with van der Waals surface area (Å²) in [5, 5.41) is 18.9. The molecule has 0 saturated heterocycles. The van der Waals surface area contributed by atoms with E-state index in [0.717, 1.165) is 42.4 Å². The first kappa shape index (κ1) is 24.6. The Morgan fingerprint density at radius 1 is 1.14 bits per heavy atom. The lowest BCUT2D eigenvalue weighted by Gasteiger charge is -2.19. The molecule has 0 bridgehead atoms. The SMILES string of the molecule is CC(C)(C)c1noc(C(=O)N[C@@H]2CCCCc3cc(-c4ccnc(NC(=O)[C@H]5C[C@@H]5C#N)c4)ccc32)n1. The molecule has 5 rings (SSSR count). The van der Waals surface area contributed by atoms with E-state index in [1.54, 1.807) is 6.20 Å². The number of fused-ring (bicyclic) bond motifs is 1. The van der Waals surface area contributed by atoms with Gasteiger partial charge in [0.25, 0.3) is 0 Å². The molecule has 1 aromatic carbocycles. The number of hydrogen-bond acceptors (Lipinski definition) is 7. The Morgan fingerprint density at radius 2 is 1.95 bits per heavy atom. The molecule has 190 valence electrons. The van der Waals surface area contributed by atoms with E-state index in [-0.39, 0.29) is 41.0 Å². The number of rotatable bonds is 5. The predicted octanol–water partition coefficient (Wildman–Crippen LogP) is 4.72. The molecular formula is C28H30N6O3. The number of nitriles is 1. The van der Waals surface area contributed by atoms with Crippen LogP contribution in [0.15, 0.2) is 41.1 Å². The van der Waals surface area contributed by atoms with Crippen molar-refractivity contribution in [2.24, 2.45) is 11.8 Å². The van der Waals surface area contributed by atoms with E-state index in [1.807, 2.05) is 39.0 Å². The Bertz CT molecular complexity index is 1380. The number of carbonyl (C=O) groups is 2. The van der Waals surface area contributed by atoms with Crippen molar-refractivity contribution < 1.29 is 14.1 Å². The van der Waals surface area contributed by atoms with E-state index < -0.39 is 0 Å². The number of aromatic nitrogens is 3. The van der Waals surface area contributed by atoms with Crippen molar-refractivity contribution in [2.45, 2.75) is 64.3 Å². The minimum Gasteiger partial charge on any atom is -0.341 e. The third-order valence-corrected chi connectivity index (χ3v) is 6.94. The van der Waals surface area contributed by atoms with Gasteiger partial charge in [-0.3, -0.25) is 9.59 Å². The highest BCUT2D eigenvalue weighted by molar-refractivity contribution is 5.94. The summed E-state index contributed by atoms with van der Waals surface area (Å²) in [6.45, 7) is 5.90. The van der Waals surface area contributed by atoms with Crippen LogP contribution < -0.4 is 10.6 Å². The second-order valence-electron chi connectivity index (χ2n) is 10.9. The number of amides is 2. The molecule has 1 fully saturated rings. The molecule has 3 aromatic rings. The van der Waals surface area contributed by atoms with Crippen LogP contribution in [0.4, 0.5) is 5.82 Å². The third-order valence-electron chi connectivity index (χ3n) is 6.94. The number of anilines is 1. The van der Waals surface area contributed by atoms with Gasteiger partial charge in [-0.1, -0.05) is 50.5 Å². The van der Waals surface area contributed by atoms with Crippen LogP contribution in [0.1, 0.15) is 80.1 Å². The summed E-state index contributed by atoms with van der Waals surface area (Å²) in [5.74, 6) is -0.0185. The molecule has 1 saturated carbocycles. The Balaban J connectivity index is 1.33. The smallest absolute Gasteiger partial charge is 0.315 e. The minimum atomic E-state index is -0.367. The van der Waals surface area contributed by atoms with Gasteiger partial charge in [0, 0.05) is 11.6 Å². The van der Waals surface area contributed by atoms with Gasteiger partial charge in [-0.25, -0.2) is 4.98 Å². The van der Waals surface area contributed by atoms with Gasteiger partial charge in [0.2, 0.25) is 5.91 Å². The Kier molecular flexibility index (Phi) is 6.50. The quantitative estimate of drug-likeness (QED) is 0.486. The molecular weight excluding hydrogens is 468 g/mol. The third kappa shape index (κ3) is 5.38. The van der Waals surface area contributed by atoms with Crippen LogP contribution in [-0.2, 0) is 16.6 Å². The molecule has 0 aliphatic heterocycles. The van der Waals surface area contributed by atoms with E-state index in [1.165, 1.54) is 5.56 Å². The maximum atomic E-state index is 12.9. The minimum absolute atomic E-state index is 0.0222. The predicted molar refractivity (Wildman–Crippen MR) is 136 cm³/mol. The highest BCUT2D eigenvalue weighted by Gasteiger charge is 2.43. The molecule has 2 heterocycles. The lowest BCUT2D eigenvalue weighted by Crippen LogP contribution is -2.29. The molecule has 2 amide bonds. The summed E-state index contributed by atoms with van der Waals surface area (Å²) in [6, 6.07) is 12.0. The van der Waals surface area contributed by atoms with Crippen molar-refractivity contribution >= 4 is 17.6 Å². The van der Waals surface area contributed by atoms with Crippen LogP contribution in [0.25, 0.3) is 11.1 Å². The van der Waals surface area contributed by atoms with Gasteiger partial charge >= 0.3 is 11.8 Å². The van der Waals surface area contributed by atoms with Gasteiger partial charge in [0.1, 0.15) is 5.82 Å². The van der Waals surface area contributed by atoms with Crippen LogP contribution in [0, 0.1) is 23.2 Å². The fourth-order valence-electron chi connectivity index (χ4n) is 4.68. The number of nitrogens with zero attached hydrogens (tertiary/aromatic N) is 4. The molecule has 2 aromatic heterocycles. The summed E-state index contributed by atoms with van der Waals surface area (Å²) in [7, 11) is 0. The van der Waals surface area contributed by atoms with Crippen molar-refractivity contribution in [3.63, 3.8) is 0 Å². The summed E-state index contributed by atoms with van der Waals surface area (Å²) in [4.78, 5) is 33.8. The molecule has 0 spiro atoms. The average Bonchev–Trinajstić information content (AvgIpc) is 3.55. The van der Waals surface area contributed by atoms with Crippen LogP contribution >= 0.6 is 0 Å². The number of carbonyl (C=O) groups excluding carboxylic acids is 2. The largest absolute Gasteiger partial charge is 0.341 e. The standard InChI is InChI=1S/C28H30N6O3/c1-28(2,3)27-33-26(37-34-27)25(36)31-22-7-5-4-6-18-12-16(8-9-20(18)22)17-10-11-30-23(14-17)32-24(35)21-13-19(21)15-29/h8-12,14,19,21-22H,4-7,13H2,1-3H3,(H,31,36)(H,30,32,35)/t19-,21+,22-/m1/s1. The summed E-state index contributed by atoms with van der Waals surface area (Å²) >= 11 is 0. The fourth-order valence-corrected chi connectivity index (χ4v) is 4.68. The first-order valence-electron chi connectivity index (χ1n) is 12.7. The van der Waals surface area contributed by atoms with E-state index >= 15 is 0 Å². The molecule has 9 heteroatoms. The lowest BCUT2D eigenvalue weighted by molar-refractivity contribution is -0.117. The maximum absolute atomic E-state index is 12.9. The Morgan fingerprint density at radius 3 is 2.68 bits per heavy atom.